The fraction of sp³-hybridized carbons (Fsp3) is 0.278. The molecule has 0 amide bonds. The molecule has 0 bridgehead atoms. The maximum Gasteiger partial charge on any atom is 0.106 e. The van der Waals surface area contributed by atoms with Crippen molar-refractivity contribution in [1.82, 2.24) is 9.55 Å². The van der Waals surface area contributed by atoms with E-state index in [-0.39, 0.29) is 0 Å². The number of hydrogen-bond donors (Lipinski definition) is 0. The summed E-state index contributed by atoms with van der Waals surface area (Å²) >= 11 is 0. The number of benzene rings is 2. The van der Waals surface area contributed by atoms with Crippen molar-refractivity contribution in [3.8, 4) is 0 Å². The number of aryl methyl sites for hydroxylation is 5. The summed E-state index contributed by atoms with van der Waals surface area (Å²) in [4.78, 5) is 4.69. The van der Waals surface area contributed by atoms with E-state index in [0.717, 1.165) is 24.3 Å². The van der Waals surface area contributed by atoms with Gasteiger partial charge in [-0.05, 0) is 56.0 Å². The first-order valence-corrected chi connectivity index (χ1v) is 7.13. The molecule has 2 heteroatoms. The van der Waals surface area contributed by atoms with Gasteiger partial charge in [-0.2, -0.15) is 0 Å². The van der Waals surface area contributed by atoms with E-state index in [9.17, 15) is 0 Å². The molecule has 0 unspecified atom stereocenters. The predicted octanol–water partition coefficient (Wildman–Crippen LogP) is 4.20. The Labute approximate surface area is 120 Å². The predicted molar refractivity (Wildman–Crippen MR) is 84.1 cm³/mol. The summed E-state index contributed by atoms with van der Waals surface area (Å²) in [5.41, 5.74) is 6.38. The van der Waals surface area contributed by atoms with Crippen LogP contribution in [0.1, 0.15) is 22.5 Å². The molecule has 0 fully saturated rings. The van der Waals surface area contributed by atoms with Crippen LogP contribution in [0.4, 0.5) is 0 Å². The SMILES string of the molecule is Cc1cc2nc(C)n(CCc3ccccc3)c2cc1C. The van der Waals surface area contributed by atoms with Crippen LogP contribution in [0.25, 0.3) is 11.0 Å². The minimum absolute atomic E-state index is 0.981. The average molecular weight is 264 g/mol. The number of aromatic nitrogens is 2. The Kier molecular flexibility index (Phi) is 3.31. The third-order valence-electron chi connectivity index (χ3n) is 4.02. The molecule has 0 aliphatic heterocycles. The molecule has 0 aliphatic rings. The maximum absolute atomic E-state index is 4.69. The molecule has 1 heterocycles. The van der Waals surface area contributed by atoms with Gasteiger partial charge in [0.1, 0.15) is 5.82 Å². The number of nitrogens with zero attached hydrogens (tertiary/aromatic N) is 2. The smallest absolute Gasteiger partial charge is 0.106 e. The van der Waals surface area contributed by atoms with Gasteiger partial charge in [-0.15, -0.1) is 0 Å². The Hall–Kier alpha value is -2.09. The summed E-state index contributed by atoms with van der Waals surface area (Å²) in [6.07, 6.45) is 1.04. The Morgan fingerprint density at radius 1 is 0.950 bits per heavy atom. The van der Waals surface area contributed by atoms with Crippen molar-refractivity contribution in [2.24, 2.45) is 0 Å². The van der Waals surface area contributed by atoms with Gasteiger partial charge in [-0.3, -0.25) is 0 Å². The van der Waals surface area contributed by atoms with Gasteiger partial charge in [-0.25, -0.2) is 4.98 Å². The van der Waals surface area contributed by atoms with Crippen molar-refractivity contribution in [2.45, 2.75) is 33.7 Å². The van der Waals surface area contributed by atoms with Crippen molar-refractivity contribution in [2.75, 3.05) is 0 Å². The van der Waals surface area contributed by atoms with Gasteiger partial charge >= 0.3 is 0 Å². The first-order chi connectivity index (χ1) is 9.65. The molecule has 102 valence electrons. The van der Waals surface area contributed by atoms with E-state index in [1.54, 1.807) is 0 Å². The van der Waals surface area contributed by atoms with E-state index in [1.165, 1.54) is 22.2 Å². The van der Waals surface area contributed by atoms with Gasteiger partial charge in [0.15, 0.2) is 0 Å². The molecule has 0 spiro atoms. The molecule has 0 saturated carbocycles. The van der Waals surface area contributed by atoms with Crippen LogP contribution in [0.3, 0.4) is 0 Å². The molecule has 2 aromatic carbocycles. The summed E-state index contributed by atoms with van der Waals surface area (Å²) in [7, 11) is 0. The highest BCUT2D eigenvalue weighted by atomic mass is 15.1. The molecule has 0 aliphatic carbocycles. The van der Waals surface area contributed by atoms with Crippen LogP contribution in [0, 0.1) is 20.8 Å². The molecule has 0 saturated heterocycles. The molecule has 0 atom stereocenters. The normalized spacial score (nSPS) is 11.2. The van der Waals surface area contributed by atoms with Gasteiger partial charge in [0, 0.05) is 6.54 Å². The molecular formula is C18H20N2. The van der Waals surface area contributed by atoms with Gasteiger partial charge in [-0.1, -0.05) is 30.3 Å². The van der Waals surface area contributed by atoms with E-state index >= 15 is 0 Å². The molecule has 3 rings (SSSR count). The van der Waals surface area contributed by atoms with Gasteiger partial charge in [0.25, 0.3) is 0 Å². The van der Waals surface area contributed by atoms with Crippen LogP contribution in [-0.2, 0) is 13.0 Å². The van der Waals surface area contributed by atoms with E-state index in [1.807, 2.05) is 0 Å². The monoisotopic (exact) mass is 264 g/mol. The van der Waals surface area contributed by atoms with E-state index in [4.69, 9.17) is 4.98 Å². The lowest BCUT2D eigenvalue weighted by molar-refractivity contribution is 0.692. The van der Waals surface area contributed by atoms with Crippen molar-refractivity contribution < 1.29 is 0 Å². The lowest BCUT2D eigenvalue weighted by Crippen LogP contribution is -2.03. The lowest BCUT2D eigenvalue weighted by atomic mass is 10.1. The first kappa shape index (κ1) is 12.9. The zero-order valence-electron chi connectivity index (χ0n) is 12.4. The quantitative estimate of drug-likeness (QED) is 0.693. The summed E-state index contributed by atoms with van der Waals surface area (Å²) < 4.78 is 2.33. The second kappa shape index (κ2) is 5.12. The van der Waals surface area contributed by atoms with E-state index in [0.29, 0.717) is 0 Å². The third-order valence-corrected chi connectivity index (χ3v) is 4.02. The molecule has 2 nitrogen and oxygen atoms in total. The summed E-state index contributed by atoms with van der Waals surface area (Å²) in [6, 6.07) is 15.1. The highest BCUT2D eigenvalue weighted by molar-refractivity contribution is 5.78. The Morgan fingerprint density at radius 2 is 1.65 bits per heavy atom. The second-order valence-corrected chi connectivity index (χ2v) is 5.47. The zero-order chi connectivity index (χ0) is 14.1. The van der Waals surface area contributed by atoms with Crippen LogP contribution in [0.5, 0.6) is 0 Å². The standard InChI is InChI=1S/C18H20N2/c1-13-11-17-18(12-14(13)2)20(15(3)19-17)10-9-16-7-5-4-6-8-16/h4-8,11-12H,9-10H2,1-3H3. The van der Waals surface area contributed by atoms with Crippen molar-refractivity contribution in [1.29, 1.82) is 0 Å². The van der Waals surface area contributed by atoms with Crippen LogP contribution in [0.2, 0.25) is 0 Å². The van der Waals surface area contributed by atoms with Crippen LogP contribution in [0.15, 0.2) is 42.5 Å². The molecule has 20 heavy (non-hydrogen) atoms. The minimum Gasteiger partial charge on any atom is -0.328 e. The zero-order valence-corrected chi connectivity index (χ0v) is 12.4. The lowest BCUT2D eigenvalue weighted by Gasteiger charge is -2.08. The van der Waals surface area contributed by atoms with Crippen molar-refractivity contribution in [3.63, 3.8) is 0 Å². The summed E-state index contributed by atoms with van der Waals surface area (Å²) in [6.45, 7) is 7.39. The maximum atomic E-state index is 4.69. The topological polar surface area (TPSA) is 17.8 Å². The fourth-order valence-electron chi connectivity index (χ4n) is 2.67. The largest absolute Gasteiger partial charge is 0.328 e. The first-order valence-electron chi connectivity index (χ1n) is 7.13. The fourth-order valence-corrected chi connectivity index (χ4v) is 2.67. The van der Waals surface area contributed by atoms with Crippen LogP contribution >= 0.6 is 0 Å². The van der Waals surface area contributed by atoms with E-state index < -0.39 is 0 Å². The third kappa shape index (κ3) is 2.34. The molecular weight excluding hydrogens is 244 g/mol. The number of fused-ring (bicyclic) bond motifs is 1. The van der Waals surface area contributed by atoms with Gasteiger partial charge in [0.2, 0.25) is 0 Å². The Balaban J connectivity index is 1.95. The Bertz CT molecular complexity index is 739. The molecule has 0 radical (unpaired) electrons. The van der Waals surface area contributed by atoms with Crippen molar-refractivity contribution in [3.05, 3.63) is 65.0 Å². The highest BCUT2D eigenvalue weighted by Crippen LogP contribution is 2.21. The number of imidazole rings is 1. The minimum atomic E-state index is 0.981. The van der Waals surface area contributed by atoms with Crippen LogP contribution < -0.4 is 0 Å². The molecule has 3 aromatic rings. The van der Waals surface area contributed by atoms with Gasteiger partial charge in [0.05, 0.1) is 11.0 Å². The summed E-state index contributed by atoms with van der Waals surface area (Å²) in [5.74, 6) is 1.10. The molecule has 0 N–H and O–H groups in total. The average Bonchev–Trinajstić information content (AvgIpc) is 2.73. The number of hydrogen-bond acceptors (Lipinski definition) is 1. The van der Waals surface area contributed by atoms with Gasteiger partial charge < -0.3 is 4.57 Å². The van der Waals surface area contributed by atoms with Crippen LogP contribution in [-0.4, -0.2) is 9.55 Å². The van der Waals surface area contributed by atoms with Crippen molar-refractivity contribution >= 4 is 11.0 Å². The second-order valence-electron chi connectivity index (χ2n) is 5.47. The molecule has 1 aromatic heterocycles. The highest BCUT2D eigenvalue weighted by Gasteiger charge is 2.08. The van der Waals surface area contributed by atoms with E-state index in [2.05, 4.69) is 67.8 Å². The number of rotatable bonds is 3. The summed E-state index contributed by atoms with van der Waals surface area (Å²) in [5, 5.41) is 0. The Morgan fingerprint density at radius 3 is 2.40 bits per heavy atom.